The van der Waals surface area contributed by atoms with E-state index in [4.69, 9.17) is 9.72 Å². The molecule has 9 heteroatoms. The standard InChI is InChI=1S/C26H27N7O2/c1-5-35-26(34)20-14-28-33-23(31(4)15-18-9-7-6-8-10-18)13-22(29-24(20)33)21-16-32(17(2)3)25-19(21)11-12-27-30-25/h6-14,16-17H,5,15H2,1-4H3. The van der Waals surface area contributed by atoms with Crippen molar-refractivity contribution in [1.82, 2.24) is 29.4 Å². The maximum Gasteiger partial charge on any atom is 0.343 e. The molecule has 0 aliphatic rings. The maximum atomic E-state index is 12.7. The van der Waals surface area contributed by atoms with Crippen molar-refractivity contribution in [2.24, 2.45) is 0 Å². The minimum Gasteiger partial charge on any atom is -0.462 e. The molecule has 0 unspecified atom stereocenters. The van der Waals surface area contributed by atoms with Crippen LogP contribution in [0.5, 0.6) is 0 Å². The molecule has 4 aromatic heterocycles. The van der Waals surface area contributed by atoms with E-state index in [1.807, 2.05) is 43.6 Å². The number of benzene rings is 1. The van der Waals surface area contributed by atoms with Crippen molar-refractivity contribution in [3.8, 4) is 11.3 Å². The number of esters is 1. The highest BCUT2D eigenvalue weighted by Gasteiger charge is 2.22. The van der Waals surface area contributed by atoms with Gasteiger partial charge in [-0.1, -0.05) is 30.3 Å². The summed E-state index contributed by atoms with van der Waals surface area (Å²) in [7, 11) is 2.00. The van der Waals surface area contributed by atoms with Crippen LogP contribution in [0.1, 0.15) is 42.7 Å². The third-order valence-electron chi connectivity index (χ3n) is 5.94. The zero-order valence-electron chi connectivity index (χ0n) is 20.2. The number of aromatic nitrogens is 6. The highest BCUT2D eigenvalue weighted by atomic mass is 16.5. The van der Waals surface area contributed by atoms with Gasteiger partial charge in [-0.2, -0.15) is 14.7 Å². The van der Waals surface area contributed by atoms with Gasteiger partial charge in [0.05, 0.1) is 24.7 Å². The Hall–Kier alpha value is -4.27. The van der Waals surface area contributed by atoms with Crippen LogP contribution in [-0.4, -0.2) is 49.0 Å². The van der Waals surface area contributed by atoms with Gasteiger partial charge >= 0.3 is 5.97 Å². The molecule has 4 heterocycles. The third-order valence-corrected chi connectivity index (χ3v) is 5.94. The first kappa shape index (κ1) is 22.5. The number of anilines is 1. The number of carbonyl (C=O) groups is 1. The molecule has 0 atom stereocenters. The van der Waals surface area contributed by atoms with Crippen molar-refractivity contribution >= 4 is 28.5 Å². The molecule has 5 rings (SSSR count). The molecule has 0 aliphatic carbocycles. The van der Waals surface area contributed by atoms with Crippen LogP contribution in [0.15, 0.2) is 61.1 Å². The van der Waals surface area contributed by atoms with Gasteiger partial charge in [0.15, 0.2) is 11.3 Å². The summed E-state index contributed by atoms with van der Waals surface area (Å²) < 4.78 is 9.05. The molecule has 0 radical (unpaired) electrons. The maximum absolute atomic E-state index is 12.7. The number of nitrogens with zero attached hydrogens (tertiary/aromatic N) is 7. The van der Waals surface area contributed by atoms with Crippen LogP contribution in [0.25, 0.3) is 27.9 Å². The van der Waals surface area contributed by atoms with Gasteiger partial charge in [0, 0.05) is 42.8 Å². The monoisotopic (exact) mass is 469 g/mol. The molecule has 1 aromatic carbocycles. The van der Waals surface area contributed by atoms with Crippen LogP contribution in [-0.2, 0) is 11.3 Å². The Labute approximate surface area is 203 Å². The van der Waals surface area contributed by atoms with Crippen LogP contribution < -0.4 is 4.90 Å². The van der Waals surface area contributed by atoms with Crippen LogP contribution >= 0.6 is 0 Å². The molecule has 178 valence electrons. The van der Waals surface area contributed by atoms with Gasteiger partial charge in [0.25, 0.3) is 0 Å². The highest BCUT2D eigenvalue weighted by molar-refractivity contribution is 5.98. The van der Waals surface area contributed by atoms with Crippen molar-refractivity contribution in [3.63, 3.8) is 0 Å². The molecule has 0 spiro atoms. The summed E-state index contributed by atoms with van der Waals surface area (Å²) in [6.07, 6.45) is 5.25. The number of hydrogen-bond acceptors (Lipinski definition) is 7. The topological polar surface area (TPSA) is 90.4 Å². The lowest BCUT2D eigenvalue weighted by Gasteiger charge is -2.21. The molecule has 0 N–H and O–H groups in total. The summed E-state index contributed by atoms with van der Waals surface area (Å²) in [4.78, 5) is 19.7. The van der Waals surface area contributed by atoms with Gasteiger partial charge in [-0.3, -0.25) is 0 Å². The van der Waals surface area contributed by atoms with E-state index in [-0.39, 0.29) is 12.6 Å². The van der Waals surface area contributed by atoms with Crippen LogP contribution in [0, 0.1) is 0 Å². The van der Waals surface area contributed by atoms with Gasteiger partial charge in [-0.15, -0.1) is 5.10 Å². The van der Waals surface area contributed by atoms with Crippen LogP contribution in [0.4, 0.5) is 5.82 Å². The molecule has 0 bridgehead atoms. The van der Waals surface area contributed by atoms with Crippen LogP contribution in [0.3, 0.4) is 0 Å². The average Bonchev–Trinajstić information content (AvgIpc) is 3.46. The number of ether oxygens (including phenoxy) is 1. The second-order valence-corrected chi connectivity index (χ2v) is 8.67. The van der Waals surface area contributed by atoms with Gasteiger partial charge in [-0.05, 0) is 32.4 Å². The fraction of sp³-hybridized carbons (Fsp3) is 0.269. The fourth-order valence-corrected chi connectivity index (χ4v) is 4.24. The molecular weight excluding hydrogens is 442 g/mol. The molecular formula is C26H27N7O2. The Kier molecular flexibility index (Phi) is 5.90. The van der Waals surface area contributed by atoms with Gasteiger partial charge in [0.1, 0.15) is 11.4 Å². The predicted molar refractivity (Wildman–Crippen MR) is 134 cm³/mol. The largest absolute Gasteiger partial charge is 0.462 e. The highest BCUT2D eigenvalue weighted by Crippen LogP contribution is 2.33. The zero-order valence-corrected chi connectivity index (χ0v) is 20.2. The van der Waals surface area contributed by atoms with E-state index in [2.05, 4.69) is 50.7 Å². The normalized spacial score (nSPS) is 11.5. The second-order valence-electron chi connectivity index (χ2n) is 8.67. The zero-order chi connectivity index (χ0) is 24.5. The smallest absolute Gasteiger partial charge is 0.343 e. The number of fused-ring (bicyclic) bond motifs is 2. The molecule has 0 saturated carbocycles. The second kappa shape index (κ2) is 9.17. The predicted octanol–water partition coefficient (Wildman–Crippen LogP) is 4.54. The number of carbonyl (C=O) groups excluding carboxylic acids is 1. The first-order valence-electron chi connectivity index (χ1n) is 11.6. The summed E-state index contributed by atoms with van der Waals surface area (Å²) in [5, 5.41) is 13.9. The van der Waals surface area contributed by atoms with Crippen molar-refractivity contribution in [2.75, 3.05) is 18.6 Å². The molecule has 0 fully saturated rings. The molecule has 5 aromatic rings. The Bertz CT molecular complexity index is 1500. The minimum atomic E-state index is -0.445. The Morgan fingerprint density at radius 2 is 1.94 bits per heavy atom. The Balaban J connectivity index is 1.72. The first-order valence-corrected chi connectivity index (χ1v) is 11.6. The third kappa shape index (κ3) is 4.09. The molecule has 35 heavy (non-hydrogen) atoms. The lowest BCUT2D eigenvalue weighted by atomic mass is 10.1. The quantitative estimate of drug-likeness (QED) is 0.323. The van der Waals surface area contributed by atoms with E-state index in [9.17, 15) is 4.79 Å². The van der Waals surface area contributed by atoms with Crippen molar-refractivity contribution in [2.45, 2.75) is 33.4 Å². The SMILES string of the molecule is CCOC(=O)c1cnn2c(N(C)Cc3ccccc3)cc(-c3cn(C(C)C)c4nnccc34)nc12. The molecule has 0 saturated heterocycles. The van der Waals surface area contributed by atoms with Gasteiger partial charge in [0.2, 0.25) is 0 Å². The molecule has 0 amide bonds. The van der Waals surface area contributed by atoms with E-state index in [0.717, 1.165) is 33.7 Å². The summed E-state index contributed by atoms with van der Waals surface area (Å²) in [6.45, 7) is 6.92. The average molecular weight is 470 g/mol. The Morgan fingerprint density at radius 3 is 2.69 bits per heavy atom. The van der Waals surface area contributed by atoms with Crippen molar-refractivity contribution < 1.29 is 9.53 Å². The van der Waals surface area contributed by atoms with Crippen molar-refractivity contribution in [3.05, 3.63) is 72.2 Å². The van der Waals surface area contributed by atoms with Gasteiger partial charge < -0.3 is 14.2 Å². The van der Waals surface area contributed by atoms with Crippen LogP contribution in [0.2, 0.25) is 0 Å². The van der Waals surface area contributed by atoms with E-state index in [1.54, 1.807) is 17.6 Å². The summed E-state index contributed by atoms with van der Waals surface area (Å²) in [5.41, 5.74) is 4.36. The fourth-order valence-electron chi connectivity index (χ4n) is 4.24. The number of hydrogen-bond donors (Lipinski definition) is 0. The summed E-state index contributed by atoms with van der Waals surface area (Å²) in [6, 6.07) is 14.3. The lowest BCUT2D eigenvalue weighted by Crippen LogP contribution is -2.20. The lowest BCUT2D eigenvalue weighted by molar-refractivity contribution is 0.0528. The van der Waals surface area contributed by atoms with E-state index >= 15 is 0 Å². The summed E-state index contributed by atoms with van der Waals surface area (Å²) in [5.74, 6) is 0.358. The summed E-state index contributed by atoms with van der Waals surface area (Å²) >= 11 is 0. The number of rotatable bonds is 7. The van der Waals surface area contributed by atoms with E-state index < -0.39 is 5.97 Å². The van der Waals surface area contributed by atoms with Crippen molar-refractivity contribution in [1.29, 1.82) is 0 Å². The minimum absolute atomic E-state index is 0.192. The molecule has 0 aliphatic heterocycles. The molecule has 9 nitrogen and oxygen atoms in total. The van der Waals surface area contributed by atoms with E-state index in [0.29, 0.717) is 17.8 Å². The Morgan fingerprint density at radius 1 is 1.14 bits per heavy atom. The first-order chi connectivity index (χ1) is 17.0. The van der Waals surface area contributed by atoms with Gasteiger partial charge in [-0.25, -0.2) is 9.78 Å². The van der Waals surface area contributed by atoms with E-state index in [1.165, 1.54) is 6.20 Å².